The van der Waals surface area contributed by atoms with E-state index in [2.05, 4.69) is 34.5 Å². The van der Waals surface area contributed by atoms with Gasteiger partial charge in [-0.2, -0.15) is 0 Å². The van der Waals surface area contributed by atoms with Crippen molar-refractivity contribution in [3.05, 3.63) is 35.4 Å². The van der Waals surface area contributed by atoms with Crippen LogP contribution in [0.25, 0.3) is 0 Å². The van der Waals surface area contributed by atoms with Gasteiger partial charge in [-0.1, -0.05) is 24.3 Å². The van der Waals surface area contributed by atoms with Crippen molar-refractivity contribution >= 4 is 0 Å². The van der Waals surface area contributed by atoms with E-state index in [1.54, 1.807) is 7.11 Å². The van der Waals surface area contributed by atoms with Crippen molar-refractivity contribution in [2.24, 2.45) is 5.92 Å². The standard InChI is InChI=1S/C15H24N2O/c1-16-9-15-6-7-17(11-15)10-13-4-3-5-14(8-13)12-18-2/h3-5,8,15-16H,6-7,9-12H2,1-2H3. The van der Waals surface area contributed by atoms with E-state index in [0.717, 1.165) is 19.0 Å². The van der Waals surface area contributed by atoms with Crippen LogP contribution in [0.4, 0.5) is 0 Å². The van der Waals surface area contributed by atoms with Crippen LogP contribution in [0.15, 0.2) is 24.3 Å². The van der Waals surface area contributed by atoms with Gasteiger partial charge in [0.25, 0.3) is 0 Å². The first kappa shape index (κ1) is 13.5. The third-order valence-electron chi connectivity index (χ3n) is 3.57. The lowest BCUT2D eigenvalue weighted by Crippen LogP contribution is -2.24. The summed E-state index contributed by atoms with van der Waals surface area (Å²) in [5, 5.41) is 3.28. The summed E-state index contributed by atoms with van der Waals surface area (Å²) < 4.78 is 5.18. The summed E-state index contributed by atoms with van der Waals surface area (Å²) in [4.78, 5) is 2.55. The molecule has 1 fully saturated rings. The molecule has 2 rings (SSSR count). The molecule has 0 radical (unpaired) electrons. The molecule has 0 saturated carbocycles. The fraction of sp³-hybridized carbons (Fsp3) is 0.600. The van der Waals surface area contributed by atoms with Crippen molar-refractivity contribution in [1.82, 2.24) is 10.2 Å². The van der Waals surface area contributed by atoms with Gasteiger partial charge >= 0.3 is 0 Å². The molecule has 1 saturated heterocycles. The van der Waals surface area contributed by atoms with Gasteiger partial charge in [-0.3, -0.25) is 4.90 Å². The summed E-state index contributed by atoms with van der Waals surface area (Å²) >= 11 is 0. The largest absolute Gasteiger partial charge is 0.380 e. The highest BCUT2D eigenvalue weighted by Crippen LogP contribution is 2.18. The van der Waals surface area contributed by atoms with E-state index < -0.39 is 0 Å². The molecule has 1 unspecified atom stereocenters. The summed E-state index contributed by atoms with van der Waals surface area (Å²) in [5.74, 6) is 0.817. The molecule has 3 heteroatoms. The molecule has 0 aliphatic carbocycles. The van der Waals surface area contributed by atoms with Gasteiger partial charge in [0.05, 0.1) is 6.61 Å². The lowest BCUT2D eigenvalue weighted by molar-refractivity contribution is 0.184. The number of nitrogens with one attached hydrogen (secondary N) is 1. The normalized spacial score (nSPS) is 20.4. The highest BCUT2D eigenvalue weighted by molar-refractivity contribution is 5.23. The summed E-state index contributed by atoms with van der Waals surface area (Å²) in [6, 6.07) is 8.73. The predicted molar refractivity (Wildman–Crippen MR) is 74.5 cm³/mol. The maximum atomic E-state index is 5.18. The van der Waals surface area contributed by atoms with Crippen LogP contribution in [0, 0.1) is 5.92 Å². The molecule has 1 atom stereocenters. The molecule has 0 amide bonds. The van der Waals surface area contributed by atoms with Gasteiger partial charge in [0.2, 0.25) is 0 Å². The van der Waals surface area contributed by atoms with Gasteiger partial charge in [0, 0.05) is 20.2 Å². The quantitative estimate of drug-likeness (QED) is 0.832. The van der Waals surface area contributed by atoms with Gasteiger partial charge in [-0.05, 0) is 43.6 Å². The smallest absolute Gasteiger partial charge is 0.0713 e. The van der Waals surface area contributed by atoms with Crippen LogP contribution in [0.1, 0.15) is 17.5 Å². The third-order valence-corrected chi connectivity index (χ3v) is 3.57. The Labute approximate surface area is 110 Å². The van der Waals surface area contributed by atoms with E-state index in [4.69, 9.17) is 4.74 Å². The number of ether oxygens (including phenoxy) is 1. The molecule has 1 aromatic rings. The molecule has 0 aromatic heterocycles. The van der Waals surface area contributed by atoms with E-state index >= 15 is 0 Å². The Hall–Kier alpha value is -0.900. The summed E-state index contributed by atoms with van der Waals surface area (Å²) in [6.45, 7) is 5.35. The van der Waals surface area contributed by atoms with E-state index in [1.807, 2.05) is 7.05 Å². The average molecular weight is 248 g/mol. The van der Waals surface area contributed by atoms with Crippen LogP contribution in [-0.4, -0.2) is 38.7 Å². The SMILES string of the molecule is CNCC1CCN(Cc2cccc(COC)c2)C1. The monoisotopic (exact) mass is 248 g/mol. The maximum Gasteiger partial charge on any atom is 0.0713 e. The number of methoxy groups -OCH3 is 1. The van der Waals surface area contributed by atoms with E-state index in [0.29, 0.717) is 6.61 Å². The zero-order valence-electron chi connectivity index (χ0n) is 11.5. The number of hydrogen-bond acceptors (Lipinski definition) is 3. The fourth-order valence-electron chi connectivity index (χ4n) is 2.75. The molecule has 0 spiro atoms. The summed E-state index contributed by atoms with van der Waals surface area (Å²) in [6.07, 6.45) is 1.32. The van der Waals surface area contributed by atoms with Crippen molar-refractivity contribution in [3.8, 4) is 0 Å². The third kappa shape index (κ3) is 3.80. The number of likely N-dealkylation sites (tertiary alicyclic amines) is 1. The first-order valence-electron chi connectivity index (χ1n) is 6.75. The van der Waals surface area contributed by atoms with Gasteiger partial charge in [-0.15, -0.1) is 0 Å². The first-order chi connectivity index (χ1) is 8.81. The van der Waals surface area contributed by atoms with Crippen LogP contribution in [0.2, 0.25) is 0 Å². The average Bonchev–Trinajstić information content (AvgIpc) is 2.78. The maximum absolute atomic E-state index is 5.18. The number of rotatable bonds is 6. The minimum atomic E-state index is 0.705. The molecule has 1 aliphatic heterocycles. The fourth-order valence-corrected chi connectivity index (χ4v) is 2.75. The van der Waals surface area contributed by atoms with Gasteiger partial charge in [-0.25, -0.2) is 0 Å². The van der Waals surface area contributed by atoms with Crippen LogP contribution in [0.5, 0.6) is 0 Å². The molecule has 1 aliphatic rings. The molecule has 100 valence electrons. The minimum absolute atomic E-state index is 0.705. The lowest BCUT2D eigenvalue weighted by atomic mass is 10.1. The Morgan fingerprint density at radius 3 is 3.00 bits per heavy atom. The van der Waals surface area contributed by atoms with Crippen LogP contribution in [0.3, 0.4) is 0 Å². The highest BCUT2D eigenvalue weighted by atomic mass is 16.5. The molecular weight excluding hydrogens is 224 g/mol. The van der Waals surface area contributed by atoms with E-state index in [-0.39, 0.29) is 0 Å². The first-order valence-corrected chi connectivity index (χ1v) is 6.75. The molecule has 0 bridgehead atoms. The van der Waals surface area contributed by atoms with Crippen LogP contribution >= 0.6 is 0 Å². The Morgan fingerprint density at radius 1 is 1.39 bits per heavy atom. The van der Waals surface area contributed by atoms with Crippen LogP contribution in [-0.2, 0) is 17.9 Å². The number of benzene rings is 1. The predicted octanol–water partition coefficient (Wildman–Crippen LogP) is 1.87. The Bertz CT molecular complexity index is 367. The van der Waals surface area contributed by atoms with Crippen molar-refractivity contribution in [3.63, 3.8) is 0 Å². The Kier molecular flexibility index (Phi) is 5.17. The number of nitrogens with zero attached hydrogens (tertiary/aromatic N) is 1. The van der Waals surface area contributed by atoms with Gasteiger partial charge in [0.15, 0.2) is 0 Å². The van der Waals surface area contributed by atoms with Crippen molar-refractivity contribution in [2.75, 3.05) is 33.8 Å². The second-order valence-corrected chi connectivity index (χ2v) is 5.20. The van der Waals surface area contributed by atoms with Crippen molar-refractivity contribution in [2.45, 2.75) is 19.6 Å². The molecule has 18 heavy (non-hydrogen) atoms. The van der Waals surface area contributed by atoms with Gasteiger partial charge < -0.3 is 10.1 Å². The second kappa shape index (κ2) is 6.88. The van der Waals surface area contributed by atoms with Crippen molar-refractivity contribution in [1.29, 1.82) is 0 Å². The van der Waals surface area contributed by atoms with Crippen LogP contribution < -0.4 is 5.32 Å². The second-order valence-electron chi connectivity index (χ2n) is 5.20. The zero-order valence-corrected chi connectivity index (χ0v) is 11.5. The molecule has 1 heterocycles. The lowest BCUT2D eigenvalue weighted by Gasteiger charge is -2.16. The molecule has 1 N–H and O–H groups in total. The number of hydrogen-bond donors (Lipinski definition) is 1. The Morgan fingerprint density at radius 2 is 2.22 bits per heavy atom. The van der Waals surface area contributed by atoms with E-state index in [9.17, 15) is 0 Å². The van der Waals surface area contributed by atoms with E-state index in [1.165, 1.54) is 30.6 Å². The van der Waals surface area contributed by atoms with Crippen molar-refractivity contribution < 1.29 is 4.74 Å². The Balaban J connectivity index is 1.88. The van der Waals surface area contributed by atoms with Gasteiger partial charge in [0.1, 0.15) is 0 Å². The molecule has 1 aromatic carbocycles. The summed E-state index contributed by atoms with van der Waals surface area (Å²) in [7, 11) is 3.78. The zero-order chi connectivity index (χ0) is 12.8. The highest BCUT2D eigenvalue weighted by Gasteiger charge is 2.21. The summed E-state index contributed by atoms with van der Waals surface area (Å²) in [5.41, 5.74) is 2.66. The topological polar surface area (TPSA) is 24.5 Å². The minimum Gasteiger partial charge on any atom is -0.380 e. The molecule has 3 nitrogen and oxygen atoms in total. The molecular formula is C15H24N2O.